The highest BCUT2D eigenvalue weighted by Gasteiger charge is 2.42. The summed E-state index contributed by atoms with van der Waals surface area (Å²) in [5.74, 6) is -1.09. The van der Waals surface area contributed by atoms with Crippen LogP contribution in [-0.2, 0) is 35.1 Å². The zero-order valence-corrected chi connectivity index (χ0v) is 34.6. The van der Waals surface area contributed by atoms with E-state index in [-0.39, 0.29) is 72.0 Å². The SMILES string of the molecule is CCC(C)[C@H](NC(=O)[C@@H](CC(=O)[C@@H](NC)C(C)C)C(C)C)[C@@H](CC(=O)N1CCC[C@H]1[C@H](OC)[C@@H](C)C(=O)C[C@@H](Cc1ccccc1)c1nccs1)OC. The predicted octanol–water partition coefficient (Wildman–Crippen LogP) is 6.48. The average Bonchev–Trinajstić information content (AvgIpc) is 3.85. The van der Waals surface area contributed by atoms with Crippen molar-refractivity contribution in [2.24, 2.45) is 29.6 Å². The molecule has 9 atom stereocenters. The number of carbonyl (C=O) groups is 4. The third-order valence-corrected chi connectivity index (χ3v) is 12.3. The van der Waals surface area contributed by atoms with Crippen molar-refractivity contribution in [3.8, 4) is 0 Å². The number of ether oxygens (including phenoxy) is 2. The van der Waals surface area contributed by atoms with E-state index in [1.165, 1.54) is 0 Å². The van der Waals surface area contributed by atoms with Crippen LogP contribution < -0.4 is 10.6 Å². The predicted molar refractivity (Wildman–Crippen MR) is 212 cm³/mol. The van der Waals surface area contributed by atoms with Crippen molar-refractivity contribution in [3.63, 3.8) is 0 Å². The third-order valence-electron chi connectivity index (χ3n) is 11.4. The number of likely N-dealkylation sites (N-methyl/N-ethyl adjacent to an activating group) is 1. The molecule has 1 aromatic carbocycles. The topological polar surface area (TPSA) is 127 Å². The van der Waals surface area contributed by atoms with Gasteiger partial charge in [0.25, 0.3) is 0 Å². The van der Waals surface area contributed by atoms with Gasteiger partial charge in [0, 0.05) is 62.9 Å². The average molecular weight is 755 g/mol. The number of likely N-dealkylation sites (tertiary alicyclic amines) is 1. The summed E-state index contributed by atoms with van der Waals surface area (Å²) >= 11 is 1.57. The van der Waals surface area contributed by atoms with Crippen molar-refractivity contribution >= 4 is 34.7 Å². The van der Waals surface area contributed by atoms with E-state index in [1.54, 1.807) is 38.8 Å². The molecule has 2 amide bonds. The molecule has 1 aliphatic heterocycles. The molecule has 2 heterocycles. The molecule has 1 fully saturated rings. The Labute approximate surface area is 322 Å². The summed E-state index contributed by atoms with van der Waals surface area (Å²) in [5, 5.41) is 9.23. The van der Waals surface area contributed by atoms with Gasteiger partial charge in [-0.05, 0) is 49.6 Å². The first-order valence-electron chi connectivity index (χ1n) is 19.6. The first-order valence-corrected chi connectivity index (χ1v) is 20.5. The summed E-state index contributed by atoms with van der Waals surface area (Å²) < 4.78 is 12.0. The summed E-state index contributed by atoms with van der Waals surface area (Å²) in [4.78, 5) is 61.7. The van der Waals surface area contributed by atoms with Crippen LogP contribution in [0.4, 0.5) is 0 Å². The molecule has 1 saturated heterocycles. The van der Waals surface area contributed by atoms with Gasteiger partial charge in [-0.25, -0.2) is 4.98 Å². The van der Waals surface area contributed by atoms with Crippen molar-refractivity contribution < 1.29 is 28.7 Å². The number of hydrogen-bond donors (Lipinski definition) is 2. The van der Waals surface area contributed by atoms with Crippen molar-refractivity contribution in [2.75, 3.05) is 27.8 Å². The zero-order valence-electron chi connectivity index (χ0n) is 33.8. The lowest BCUT2D eigenvalue weighted by atomic mass is 9.84. The maximum Gasteiger partial charge on any atom is 0.225 e. The van der Waals surface area contributed by atoms with Crippen LogP contribution in [0.15, 0.2) is 41.9 Å². The van der Waals surface area contributed by atoms with Crippen LogP contribution in [0.3, 0.4) is 0 Å². The Bertz CT molecular complexity index is 1420. The highest BCUT2D eigenvalue weighted by atomic mass is 32.1. The first kappa shape index (κ1) is 44.4. The lowest BCUT2D eigenvalue weighted by Crippen LogP contribution is -2.53. The molecular formula is C42H66N4O6S. The number of thiazole rings is 1. The van der Waals surface area contributed by atoms with E-state index in [4.69, 9.17) is 9.47 Å². The van der Waals surface area contributed by atoms with Crippen LogP contribution in [0.5, 0.6) is 0 Å². The van der Waals surface area contributed by atoms with Crippen molar-refractivity contribution in [1.29, 1.82) is 0 Å². The Morgan fingerprint density at radius 3 is 2.19 bits per heavy atom. The molecule has 3 rings (SSSR count). The molecule has 0 saturated carbocycles. The smallest absolute Gasteiger partial charge is 0.225 e. The number of carbonyl (C=O) groups excluding carboxylic acids is 4. The van der Waals surface area contributed by atoms with Gasteiger partial charge >= 0.3 is 0 Å². The van der Waals surface area contributed by atoms with E-state index in [1.807, 2.05) is 63.1 Å². The molecular weight excluding hydrogens is 689 g/mol. The van der Waals surface area contributed by atoms with Crippen LogP contribution in [0, 0.1) is 29.6 Å². The number of hydrogen-bond acceptors (Lipinski definition) is 9. The van der Waals surface area contributed by atoms with Crippen LogP contribution in [0.1, 0.15) is 103 Å². The Morgan fingerprint density at radius 2 is 1.64 bits per heavy atom. The fraction of sp³-hybridized carbons (Fsp3) is 0.690. The van der Waals surface area contributed by atoms with Crippen LogP contribution in [0.25, 0.3) is 0 Å². The number of nitrogens with one attached hydrogen (secondary N) is 2. The standard InChI is InChI=1S/C42H66N4O6S/c1-11-28(6)39(45-41(50)32(26(2)3)24-35(48)38(43-8)27(4)5)36(51-9)25-37(49)46-20-15-18-33(46)40(52-10)29(7)34(47)23-31(42-44-19-21-53-42)22-30-16-13-12-14-17-30/h12-14,16-17,19,21,26-29,31-33,36,38-40,43H,11,15,18,20,22-25H2,1-10H3,(H,45,50)/t28?,29-,31+,32-,33-,36+,38-,39-,40+/m0/s1. The molecule has 1 aromatic heterocycles. The second kappa shape index (κ2) is 21.8. The number of Topliss-reactive ketones (excluding diaryl/α,β-unsaturated/α-hetero) is 2. The Morgan fingerprint density at radius 1 is 0.943 bits per heavy atom. The quantitative estimate of drug-likeness (QED) is 0.132. The van der Waals surface area contributed by atoms with E-state index in [9.17, 15) is 19.2 Å². The minimum atomic E-state index is -0.580. The van der Waals surface area contributed by atoms with E-state index in [2.05, 4.69) is 41.6 Å². The zero-order chi connectivity index (χ0) is 39.2. The summed E-state index contributed by atoms with van der Waals surface area (Å²) in [5.41, 5.74) is 1.16. The first-order chi connectivity index (χ1) is 25.3. The molecule has 2 N–H and O–H groups in total. The summed E-state index contributed by atoms with van der Waals surface area (Å²) in [6.07, 6.45) is 4.31. The minimum Gasteiger partial charge on any atom is -0.379 e. The highest BCUT2D eigenvalue weighted by molar-refractivity contribution is 7.09. The molecule has 296 valence electrons. The molecule has 1 aliphatic rings. The van der Waals surface area contributed by atoms with Gasteiger partial charge in [0.1, 0.15) is 5.78 Å². The fourth-order valence-corrected chi connectivity index (χ4v) is 8.69. The molecule has 0 bridgehead atoms. The number of amides is 2. The summed E-state index contributed by atoms with van der Waals surface area (Å²) in [6, 6.07) is 9.15. The molecule has 0 spiro atoms. The summed E-state index contributed by atoms with van der Waals surface area (Å²) in [6.45, 7) is 14.5. The summed E-state index contributed by atoms with van der Waals surface area (Å²) in [7, 11) is 4.98. The number of aromatic nitrogens is 1. The van der Waals surface area contributed by atoms with Gasteiger partial charge in [-0.1, -0.05) is 85.2 Å². The van der Waals surface area contributed by atoms with E-state index >= 15 is 0 Å². The maximum absolute atomic E-state index is 14.2. The number of ketones is 2. The molecule has 0 radical (unpaired) electrons. The lowest BCUT2D eigenvalue weighted by Gasteiger charge is -2.37. The lowest BCUT2D eigenvalue weighted by molar-refractivity contribution is -0.142. The van der Waals surface area contributed by atoms with Gasteiger partial charge in [0.2, 0.25) is 11.8 Å². The Balaban J connectivity index is 1.75. The van der Waals surface area contributed by atoms with Crippen LogP contribution in [-0.4, -0.2) is 91.4 Å². The molecule has 1 unspecified atom stereocenters. The monoisotopic (exact) mass is 754 g/mol. The molecule has 0 aliphatic carbocycles. The molecule has 10 nitrogen and oxygen atoms in total. The van der Waals surface area contributed by atoms with E-state index < -0.39 is 30.1 Å². The van der Waals surface area contributed by atoms with Crippen LogP contribution >= 0.6 is 11.3 Å². The third kappa shape index (κ3) is 12.3. The second-order valence-electron chi connectivity index (χ2n) is 15.6. The fourth-order valence-electron chi connectivity index (χ4n) is 7.95. The van der Waals surface area contributed by atoms with E-state index in [0.717, 1.165) is 29.8 Å². The van der Waals surface area contributed by atoms with Crippen LogP contribution in [0.2, 0.25) is 0 Å². The Hall–Kier alpha value is -2.99. The Kier molecular flexibility index (Phi) is 18.3. The van der Waals surface area contributed by atoms with Crippen molar-refractivity contribution in [2.45, 2.75) is 130 Å². The number of nitrogens with zero attached hydrogens (tertiary/aromatic N) is 2. The highest BCUT2D eigenvalue weighted by Crippen LogP contribution is 2.32. The maximum atomic E-state index is 14.2. The largest absolute Gasteiger partial charge is 0.379 e. The van der Waals surface area contributed by atoms with Gasteiger partial charge in [-0.3, -0.25) is 19.2 Å². The molecule has 11 heteroatoms. The number of rotatable bonds is 23. The van der Waals surface area contributed by atoms with Gasteiger partial charge in [0.15, 0.2) is 5.78 Å². The normalized spacial score (nSPS) is 19.3. The minimum absolute atomic E-state index is 0.0151. The second-order valence-corrected chi connectivity index (χ2v) is 16.6. The van der Waals surface area contributed by atoms with Gasteiger partial charge in [-0.15, -0.1) is 11.3 Å². The van der Waals surface area contributed by atoms with Gasteiger partial charge < -0.3 is 25.0 Å². The molecule has 2 aromatic rings. The van der Waals surface area contributed by atoms with Crippen molar-refractivity contribution in [1.82, 2.24) is 20.5 Å². The van der Waals surface area contributed by atoms with Gasteiger partial charge in [-0.2, -0.15) is 0 Å². The van der Waals surface area contributed by atoms with Crippen molar-refractivity contribution in [3.05, 3.63) is 52.5 Å². The molecule has 53 heavy (non-hydrogen) atoms. The van der Waals surface area contributed by atoms with E-state index in [0.29, 0.717) is 19.4 Å². The van der Waals surface area contributed by atoms with Gasteiger partial charge in [0.05, 0.1) is 41.8 Å². The number of benzene rings is 1. The number of methoxy groups -OCH3 is 2.